The Hall–Kier alpha value is -1.67. The van der Waals surface area contributed by atoms with Crippen molar-refractivity contribution in [2.24, 2.45) is 0 Å². The van der Waals surface area contributed by atoms with E-state index >= 15 is 0 Å². The van der Waals surface area contributed by atoms with Crippen molar-refractivity contribution in [1.82, 2.24) is 10.3 Å². The Morgan fingerprint density at radius 3 is 2.35 bits per heavy atom. The van der Waals surface area contributed by atoms with Crippen LogP contribution in [0, 0.1) is 13.8 Å². The van der Waals surface area contributed by atoms with Gasteiger partial charge >= 0.3 is 0 Å². The third kappa shape index (κ3) is 3.26. The molecule has 1 heterocycles. The van der Waals surface area contributed by atoms with E-state index in [1.807, 2.05) is 6.20 Å². The van der Waals surface area contributed by atoms with Crippen LogP contribution < -0.4 is 5.32 Å². The monoisotopic (exact) mass is 268 g/mol. The Labute approximate surface area is 122 Å². The zero-order valence-corrected chi connectivity index (χ0v) is 12.9. The summed E-state index contributed by atoms with van der Waals surface area (Å²) in [5.41, 5.74) is 6.24. The second kappa shape index (κ2) is 6.67. The fraction of sp³-hybridized carbons (Fsp3) is 0.389. The van der Waals surface area contributed by atoms with E-state index in [4.69, 9.17) is 0 Å². The number of pyridine rings is 1. The summed E-state index contributed by atoms with van der Waals surface area (Å²) in [7, 11) is 0. The third-order valence-corrected chi connectivity index (χ3v) is 3.66. The minimum Gasteiger partial charge on any atom is -0.305 e. The number of rotatable bonds is 5. The first kappa shape index (κ1) is 14.7. The van der Waals surface area contributed by atoms with Crippen LogP contribution in [0.3, 0.4) is 0 Å². The molecule has 106 valence electrons. The minimum absolute atomic E-state index is 0.173. The van der Waals surface area contributed by atoms with E-state index in [0.717, 1.165) is 18.7 Å². The molecular formula is C18H24N2. The predicted molar refractivity (Wildman–Crippen MR) is 85.1 cm³/mol. The normalized spacial score (nSPS) is 12.4. The van der Waals surface area contributed by atoms with Crippen LogP contribution in [0.5, 0.6) is 0 Å². The quantitative estimate of drug-likeness (QED) is 0.888. The van der Waals surface area contributed by atoms with Crippen LogP contribution in [-0.4, -0.2) is 11.5 Å². The molecular weight excluding hydrogens is 244 g/mol. The summed E-state index contributed by atoms with van der Waals surface area (Å²) in [6.07, 6.45) is 3.03. The smallest absolute Gasteiger partial charge is 0.0754 e. The Bertz CT molecular complexity index is 558. The van der Waals surface area contributed by atoms with E-state index in [9.17, 15) is 0 Å². The van der Waals surface area contributed by atoms with Gasteiger partial charge in [-0.2, -0.15) is 0 Å². The molecule has 0 bridgehead atoms. The number of nitrogens with zero attached hydrogens (tertiary/aromatic N) is 1. The maximum Gasteiger partial charge on any atom is 0.0754 e. The van der Waals surface area contributed by atoms with E-state index in [2.05, 4.69) is 68.3 Å². The summed E-state index contributed by atoms with van der Waals surface area (Å²) in [4.78, 5) is 4.65. The standard InChI is InChI=1S/C18H24N2/c1-5-15-7-9-16(10-8-15)18(19-6-2)17-14(4)11-13(3)12-20-17/h7-12,18-19H,5-6H2,1-4H3. The van der Waals surface area contributed by atoms with Gasteiger partial charge in [-0.15, -0.1) is 0 Å². The lowest BCUT2D eigenvalue weighted by Crippen LogP contribution is -2.23. The van der Waals surface area contributed by atoms with Gasteiger partial charge in [-0.05, 0) is 49.1 Å². The molecule has 0 saturated heterocycles. The molecule has 2 rings (SSSR count). The minimum atomic E-state index is 0.173. The van der Waals surface area contributed by atoms with E-state index < -0.39 is 0 Å². The van der Waals surface area contributed by atoms with Gasteiger partial charge in [0.15, 0.2) is 0 Å². The maximum atomic E-state index is 4.65. The van der Waals surface area contributed by atoms with Gasteiger partial charge < -0.3 is 5.32 Å². The fourth-order valence-electron chi connectivity index (χ4n) is 2.55. The molecule has 0 fully saturated rings. The molecule has 0 spiro atoms. The Kier molecular flexibility index (Phi) is 4.91. The molecule has 20 heavy (non-hydrogen) atoms. The van der Waals surface area contributed by atoms with E-state index in [-0.39, 0.29) is 6.04 Å². The SMILES string of the molecule is CCNC(c1ccc(CC)cc1)c1ncc(C)cc1C. The van der Waals surface area contributed by atoms with Crippen LogP contribution in [0.1, 0.15) is 47.8 Å². The predicted octanol–water partition coefficient (Wildman–Crippen LogP) is 3.96. The number of hydrogen-bond donors (Lipinski definition) is 1. The van der Waals surface area contributed by atoms with Gasteiger partial charge in [0.25, 0.3) is 0 Å². The highest BCUT2D eigenvalue weighted by atomic mass is 14.9. The molecule has 0 aliphatic heterocycles. The molecule has 2 heteroatoms. The first-order valence-corrected chi connectivity index (χ1v) is 7.41. The van der Waals surface area contributed by atoms with Gasteiger partial charge in [0.1, 0.15) is 0 Å². The number of aromatic nitrogens is 1. The van der Waals surface area contributed by atoms with Gasteiger partial charge in [-0.25, -0.2) is 0 Å². The summed E-state index contributed by atoms with van der Waals surface area (Å²) in [5.74, 6) is 0. The highest BCUT2D eigenvalue weighted by molar-refractivity contribution is 5.35. The number of hydrogen-bond acceptors (Lipinski definition) is 2. The molecule has 1 atom stereocenters. The molecule has 1 unspecified atom stereocenters. The highest BCUT2D eigenvalue weighted by Crippen LogP contribution is 2.24. The summed E-state index contributed by atoms with van der Waals surface area (Å²) >= 11 is 0. The molecule has 0 saturated carbocycles. The Morgan fingerprint density at radius 2 is 1.80 bits per heavy atom. The van der Waals surface area contributed by atoms with E-state index in [0.29, 0.717) is 0 Å². The summed E-state index contributed by atoms with van der Waals surface area (Å²) < 4.78 is 0. The molecule has 0 amide bonds. The molecule has 1 N–H and O–H groups in total. The summed E-state index contributed by atoms with van der Waals surface area (Å²) in [6, 6.07) is 11.2. The zero-order valence-electron chi connectivity index (χ0n) is 12.9. The lowest BCUT2D eigenvalue weighted by molar-refractivity contribution is 0.611. The van der Waals surface area contributed by atoms with Crippen molar-refractivity contribution in [3.05, 3.63) is 64.5 Å². The summed E-state index contributed by atoms with van der Waals surface area (Å²) in [5, 5.41) is 3.55. The third-order valence-electron chi connectivity index (χ3n) is 3.66. The maximum absolute atomic E-state index is 4.65. The van der Waals surface area contributed by atoms with Crippen LogP contribution in [0.15, 0.2) is 36.5 Å². The second-order valence-electron chi connectivity index (χ2n) is 5.30. The van der Waals surface area contributed by atoms with Crippen LogP contribution in [0.2, 0.25) is 0 Å². The van der Waals surface area contributed by atoms with Gasteiger partial charge in [0.2, 0.25) is 0 Å². The zero-order chi connectivity index (χ0) is 14.5. The molecule has 1 aromatic heterocycles. The first-order chi connectivity index (χ1) is 9.65. The van der Waals surface area contributed by atoms with Crippen molar-refractivity contribution >= 4 is 0 Å². The van der Waals surface area contributed by atoms with Crippen LogP contribution >= 0.6 is 0 Å². The lowest BCUT2D eigenvalue weighted by Gasteiger charge is -2.20. The van der Waals surface area contributed by atoms with Crippen LogP contribution in [0.25, 0.3) is 0 Å². The van der Waals surface area contributed by atoms with Gasteiger partial charge in [-0.3, -0.25) is 4.98 Å². The molecule has 2 aromatic rings. The molecule has 0 aliphatic carbocycles. The van der Waals surface area contributed by atoms with Crippen LogP contribution in [0.4, 0.5) is 0 Å². The number of benzene rings is 1. The average molecular weight is 268 g/mol. The van der Waals surface area contributed by atoms with E-state index in [1.165, 1.54) is 22.3 Å². The molecule has 0 radical (unpaired) electrons. The molecule has 2 nitrogen and oxygen atoms in total. The van der Waals surface area contributed by atoms with Crippen molar-refractivity contribution in [2.75, 3.05) is 6.54 Å². The van der Waals surface area contributed by atoms with E-state index in [1.54, 1.807) is 0 Å². The van der Waals surface area contributed by atoms with Gasteiger partial charge in [0.05, 0.1) is 11.7 Å². The Balaban J connectivity index is 2.38. The van der Waals surface area contributed by atoms with Gasteiger partial charge in [0, 0.05) is 6.20 Å². The number of nitrogens with one attached hydrogen (secondary N) is 1. The summed E-state index contributed by atoms with van der Waals surface area (Å²) in [6.45, 7) is 9.47. The van der Waals surface area contributed by atoms with Gasteiger partial charge in [-0.1, -0.05) is 44.2 Å². The fourth-order valence-corrected chi connectivity index (χ4v) is 2.55. The molecule has 0 aliphatic rings. The Morgan fingerprint density at radius 1 is 1.10 bits per heavy atom. The number of aryl methyl sites for hydroxylation is 3. The average Bonchev–Trinajstić information content (AvgIpc) is 2.46. The molecule has 1 aromatic carbocycles. The highest BCUT2D eigenvalue weighted by Gasteiger charge is 2.16. The van der Waals surface area contributed by atoms with Crippen molar-refractivity contribution < 1.29 is 0 Å². The van der Waals surface area contributed by atoms with Crippen molar-refractivity contribution in [3.8, 4) is 0 Å². The van der Waals surface area contributed by atoms with Crippen molar-refractivity contribution in [2.45, 2.75) is 40.2 Å². The topological polar surface area (TPSA) is 24.9 Å². The largest absolute Gasteiger partial charge is 0.305 e. The van der Waals surface area contributed by atoms with Crippen LogP contribution in [-0.2, 0) is 6.42 Å². The second-order valence-corrected chi connectivity index (χ2v) is 5.30. The first-order valence-electron chi connectivity index (χ1n) is 7.41. The van der Waals surface area contributed by atoms with Crippen molar-refractivity contribution in [1.29, 1.82) is 0 Å². The van der Waals surface area contributed by atoms with Crippen molar-refractivity contribution in [3.63, 3.8) is 0 Å². The lowest BCUT2D eigenvalue weighted by atomic mass is 9.97.